The van der Waals surface area contributed by atoms with Crippen LogP contribution in [0, 0.1) is 17.8 Å². The van der Waals surface area contributed by atoms with Crippen LogP contribution < -0.4 is 5.73 Å². The Kier molecular flexibility index (Phi) is 3.73. The van der Waals surface area contributed by atoms with E-state index in [4.69, 9.17) is 10.5 Å². The maximum atomic E-state index is 6.08. The molecule has 0 spiro atoms. The van der Waals surface area contributed by atoms with Gasteiger partial charge in [-0.05, 0) is 43.4 Å². The maximum Gasteiger partial charge on any atom is 0.191 e. The van der Waals surface area contributed by atoms with Gasteiger partial charge in [0.2, 0.25) is 0 Å². The maximum absolute atomic E-state index is 6.08. The van der Waals surface area contributed by atoms with Crippen molar-refractivity contribution in [3.8, 4) is 0 Å². The number of guanidine groups is 1. The average Bonchev–Trinajstić information content (AvgIpc) is 3.16. The summed E-state index contributed by atoms with van der Waals surface area (Å²) in [6, 6.07) is 0. The Hall–Kier alpha value is -0.770. The van der Waals surface area contributed by atoms with Gasteiger partial charge in [-0.2, -0.15) is 0 Å². The molecule has 0 aromatic carbocycles. The molecule has 0 radical (unpaired) electrons. The van der Waals surface area contributed by atoms with Gasteiger partial charge in [-0.3, -0.25) is 4.99 Å². The molecule has 4 nitrogen and oxygen atoms in total. The normalized spacial score (nSPS) is 34.0. The highest BCUT2D eigenvalue weighted by Crippen LogP contribution is 2.48. The lowest BCUT2D eigenvalue weighted by Gasteiger charge is -2.28. The Labute approximate surface area is 110 Å². The van der Waals surface area contributed by atoms with Crippen LogP contribution in [0.1, 0.15) is 32.1 Å². The summed E-state index contributed by atoms with van der Waals surface area (Å²) in [5, 5.41) is 0. The summed E-state index contributed by atoms with van der Waals surface area (Å²) in [4.78, 5) is 6.81. The minimum atomic E-state index is 0.736. The van der Waals surface area contributed by atoms with Gasteiger partial charge in [0.1, 0.15) is 0 Å². The summed E-state index contributed by atoms with van der Waals surface area (Å²) in [6.45, 7) is 4.30. The molecule has 0 amide bonds. The zero-order chi connectivity index (χ0) is 12.4. The SMILES string of the molecule is NC(=NCC1CCCC1C1CC1)N1CCOCC1. The Morgan fingerprint density at radius 3 is 2.67 bits per heavy atom. The van der Waals surface area contributed by atoms with E-state index in [0.29, 0.717) is 0 Å². The summed E-state index contributed by atoms with van der Waals surface area (Å²) >= 11 is 0. The van der Waals surface area contributed by atoms with Crippen molar-refractivity contribution < 1.29 is 4.74 Å². The van der Waals surface area contributed by atoms with E-state index < -0.39 is 0 Å². The van der Waals surface area contributed by atoms with E-state index in [1.165, 1.54) is 32.1 Å². The molecule has 1 heterocycles. The molecular formula is C14H25N3O. The van der Waals surface area contributed by atoms with Crippen molar-refractivity contribution in [2.45, 2.75) is 32.1 Å². The molecule has 2 atom stereocenters. The van der Waals surface area contributed by atoms with Crippen LogP contribution in [0.5, 0.6) is 0 Å². The standard InChI is InChI=1S/C14H25N3O/c15-14(17-6-8-18-9-7-17)16-10-12-2-1-3-13(12)11-4-5-11/h11-13H,1-10H2,(H2,15,16). The molecule has 3 fully saturated rings. The van der Waals surface area contributed by atoms with Crippen LogP contribution in [0.3, 0.4) is 0 Å². The number of hydrogen-bond donors (Lipinski definition) is 1. The zero-order valence-electron chi connectivity index (χ0n) is 11.2. The van der Waals surface area contributed by atoms with Crippen molar-refractivity contribution in [3.63, 3.8) is 0 Å². The lowest BCUT2D eigenvalue weighted by molar-refractivity contribution is 0.0673. The molecule has 4 heteroatoms. The van der Waals surface area contributed by atoms with Gasteiger partial charge in [0.15, 0.2) is 5.96 Å². The fourth-order valence-corrected chi connectivity index (χ4v) is 3.54. The van der Waals surface area contributed by atoms with Crippen LogP contribution in [0.15, 0.2) is 4.99 Å². The molecule has 0 bridgehead atoms. The predicted molar refractivity (Wildman–Crippen MR) is 72.4 cm³/mol. The van der Waals surface area contributed by atoms with Gasteiger partial charge in [0.25, 0.3) is 0 Å². The van der Waals surface area contributed by atoms with Crippen LogP contribution in [0.2, 0.25) is 0 Å². The van der Waals surface area contributed by atoms with Crippen molar-refractivity contribution in [3.05, 3.63) is 0 Å². The number of nitrogens with zero attached hydrogens (tertiary/aromatic N) is 2. The number of hydrogen-bond acceptors (Lipinski definition) is 2. The topological polar surface area (TPSA) is 50.8 Å². The van der Waals surface area contributed by atoms with Crippen LogP contribution in [-0.2, 0) is 4.74 Å². The molecule has 3 aliphatic rings. The summed E-state index contributed by atoms with van der Waals surface area (Å²) in [5.74, 6) is 3.51. The Morgan fingerprint density at radius 1 is 1.17 bits per heavy atom. The molecule has 3 rings (SSSR count). The first-order chi connectivity index (χ1) is 8.84. The third kappa shape index (κ3) is 2.79. The number of aliphatic imine (C=N–C) groups is 1. The third-order valence-electron chi connectivity index (χ3n) is 4.77. The second-order valence-electron chi connectivity index (χ2n) is 5.99. The van der Waals surface area contributed by atoms with E-state index in [9.17, 15) is 0 Å². The van der Waals surface area contributed by atoms with Gasteiger partial charge in [-0.1, -0.05) is 6.42 Å². The van der Waals surface area contributed by atoms with Crippen molar-refractivity contribution in [1.29, 1.82) is 0 Å². The van der Waals surface area contributed by atoms with Crippen LogP contribution in [-0.4, -0.2) is 43.7 Å². The van der Waals surface area contributed by atoms with Crippen molar-refractivity contribution in [2.75, 3.05) is 32.8 Å². The number of nitrogens with two attached hydrogens (primary N) is 1. The third-order valence-corrected chi connectivity index (χ3v) is 4.77. The lowest BCUT2D eigenvalue weighted by Crippen LogP contribution is -2.45. The van der Waals surface area contributed by atoms with E-state index in [0.717, 1.165) is 56.6 Å². The number of rotatable bonds is 3. The summed E-state index contributed by atoms with van der Waals surface area (Å²) < 4.78 is 5.33. The molecular weight excluding hydrogens is 226 g/mol. The zero-order valence-corrected chi connectivity index (χ0v) is 11.2. The lowest BCUT2D eigenvalue weighted by atomic mass is 9.91. The summed E-state index contributed by atoms with van der Waals surface area (Å²) in [7, 11) is 0. The first-order valence-electron chi connectivity index (χ1n) is 7.47. The first-order valence-corrected chi connectivity index (χ1v) is 7.47. The first kappa shape index (κ1) is 12.3. The van der Waals surface area contributed by atoms with Gasteiger partial charge in [-0.15, -0.1) is 0 Å². The van der Waals surface area contributed by atoms with Gasteiger partial charge in [0.05, 0.1) is 13.2 Å². The average molecular weight is 251 g/mol. The second-order valence-corrected chi connectivity index (χ2v) is 5.99. The van der Waals surface area contributed by atoms with Crippen LogP contribution in [0.25, 0.3) is 0 Å². The molecule has 2 unspecified atom stereocenters. The highest BCUT2D eigenvalue weighted by atomic mass is 16.5. The molecule has 2 N–H and O–H groups in total. The smallest absolute Gasteiger partial charge is 0.191 e. The van der Waals surface area contributed by atoms with Crippen LogP contribution >= 0.6 is 0 Å². The fraction of sp³-hybridized carbons (Fsp3) is 0.929. The van der Waals surface area contributed by atoms with E-state index >= 15 is 0 Å². The quantitative estimate of drug-likeness (QED) is 0.610. The Balaban J connectivity index is 1.52. The van der Waals surface area contributed by atoms with E-state index in [2.05, 4.69) is 9.89 Å². The summed E-state index contributed by atoms with van der Waals surface area (Å²) in [6.07, 6.45) is 7.12. The van der Waals surface area contributed by atoms with Crippen molar-refractivity contribution in [2.24, 2.45) is 28.5 Å². The second kappa shape index (κ2) is 5.47. The molecule has 102 valence electrons. The number of ether oxygens (including phenoxy) is 1. The Bertz CT molecular complexity index is 308. The van der Waals surface area contributed by atoms with Crippen LogP contribution in [0.4, 0.5) is 0 Å². The molecule has 1 saturated heterocycles. The van der Waals surface area contributed by atoms with Gasteiger partial charge in [0, 0.05) is 19.6 Å². The van der Waals surface area contributed by atoms with Gasteiger partial charge < -0.3 is 15.4 Å². The van der Waals surface area contributed by atoms with E-state index in [1.54, 1.807) is 0 Å². The van der Waals surface area contributed by atoms with Crippen molar-refractivity contribution >= 4 is 5.96 Å². The molecule has 2 aliphatic carbocycles. The highest BCUT2D eigenvalue weighted by Gasteiger charge is 2.38. The molecule has 18 heavy (non-hydrogen) atoms. The van der Waals surface area contributed by atoms with Crippen molar-refractivity contribution in [1.82, 2.24) is 4.90 Å². The summed E-state index contributed by atoms with van der Waals surface area (Å²) in [5.41, 5.74) is 6.08. The minimum Gasteiger partial charge on any atom is -0.378 e. The minimum absolute atomic E-state index is 0.736. The van der Waals surface area contributed by atoms with E-state index in [-0.39, 0.29) is 0 Å². The van der Waals surface area contributed by atoms with Gasteiger partial charge in [-0.25, -0.2) is 0 Å². The molecule has 0 aromatic rings. The predicted octanol–water partition coefficient (Wildman–Crippen LogP) is 1.46. The number of morpholine rings is 1. The molecule has 0 aromatic heterocycles. The highest BCUT2D eigenvalue weighted by molar-refractivity contribution is 5.78. The fourth-order valence-electron chi connectivity index (χ4n) is 3.54. The van der Waals surface area contributed by atoms with Gasteiger partial charge >= 0.3 is 0 Å². The largest absolute Gasteiger partial charge is 0.378 e. The molecule has 2 saturated carbocycles. The Morgan fingerprint density at radius 2 is 1.94 bits per heavy atom. The monoisotopic (exact) mass is 251 g/mol. The van der Waals surface area contributed by atoms with E-state index in [1.807, 2.05) is 0 Å². The molecule has 1 aliphatic heterocycles.